The van der Waals surface area contributed by atoms with Gasteiger partial charge < -0.3 is 9.67 Å². The molecule has 222 valence electrons. The van der Waals surface area contributed by atoms with Crippen molar-refractivity contribution < 1.29 is 9.90 Å². The average Bonchev–Trinajstić information content (AvgIpc) is 2.96. The number of benzene rings is 1. The number of piperidine rings is 2. The molecule has 8 heteroatoms. The largest absolute Gasteiger partial charge is 0.480 e. The molecule has 8 rings (SSSR count). The van der Waals surface area contributed by atoms with Crippen LogP contribution < -0.4 is 11.1 Å². The lowest BCUT2D eigenvalue weighted by Gasteiger charge is -2.60. The van der Waals surface area contributed by atoms with Crippen LogP contribution in [0.25, 0.3) is 22.4 Å². The van der Waals surface area contributed by atoms with Crippen LogP contribution in [0.2, 0.25) is 0 Å². The molecule has 3 aliphatic carbocycles. The number of hydrogen-bond donors (Lipinski definition) is 1. The normalized spacial score (nSPS) is 30.1. The van der Waals surface area contributed by atoms with Crippen molar-refractivity contribution in [2.24, 2.45) is 23.2 Å². The SMILES string of the molecule is CC1(C)[C@H]2CC[C@@H](CCN3[C@@H]4CCC[C@H]3CC(n3c(=O)c(-c5cccc(=O)n5CC(=O)O)nc5ccccc53)C4)[C@@H]1C2. The molecule has 1 unspecified atom stereocenters. The third kappa shape index (κ3) is 4.53. The van der Waals surface area contributed by atoms with Crippen molar-refractivity contribution in [1.82, 2.24) is 19.0 Å². The Hall–Kier alpha value is -3.26. The first-order valence-corrected chi connectivity index (χ1v) is 15.9. The molecule has 0 radical (unpaired) electrons. The zero-order chi connectivity index (χ0) is 29.2. The summed E-state index contributed by atoms with van der Waals surface area (Å²) in [5.74, 6) is 1.51. The smallest absolute Gasteiger partial charge is 0.323 e. The molecule has 5 fully saturated rings. The number of hydrogen-bond acceptors (Lipinski definition) is 5. The van der Waals surface area contributed by atoms with E-state index in [9.17, 15) is 19.5 Å². The van der Waals surface area contributed by atoms with E-state index in [0.29, 0.717) is 23.0 Å². The number of carboxylic acid groups (broad SMARTS) is 1. The van der Waals surface area contributed by atoms with Crippen molar-refractivity contribution in [3.8, 4) is 11.4 Å². The molecule has 3 aromatic rings. The van der Waals surface area contributed by atoms with E-state index >= 15 is 0 Å². The van der Waals surface area contributed by atoms with E-state index in [0.717, 1.165) is 60.1 Å². The van der Waals surface area contributed by atoms with Crippen molar-refractivity contribution in [3.05, 3.63) is 63.2 Å². The van der Waals surface area contributed by atoms with E-state index in [2.05, 4.69) is 18.7 Å². The van der Waals surface area contributed by atoms with Crippen LogP contribution in [0.3, 0.4) is 0 Å². The predicted octanol–water partition coefficient (Wildman–Crippen LogP) is 5.33. The zero-order valence-electron chi connectivity index (χ0n) is 24.7. The number of carbonyl (C=O) groups is 1. The zero-order valence-corrected chi connectivity index (χ0v) is 24.7. The minimum atomic E-state index is -1.14. The summed E-state index contributed by atoms with van der Waals surface area (Å²) in [6, 6.07) is 13.1. The first kappa shape index (κ1) is 27.6. The molecule has 6 atom stereocenters. The van der Waals surface area contributed by atoms with Crippen LogP contribution in [0.1, 0.15) is 77.7 Å². The monoisotopic (exact) mass is 570 g/mol. The fraction of sp³-hybridized carbons (Fsp3) is 0.588. The molecule has 4 bridgehead atoms. The fourth-order valence-corrected chi connectivity index (χ4v) is 9.36. The predicted molar refractivity (Wildman–Crippen MR) is 162 cm³/mol. The number of fused-ring (bicyclic) bond motifs is 5. The van der Waals surface area contributed by atoms with Gasteiger partial charge in [-0.3, -0.25) is 23.9 Å². The van der Waals surface area contributed by atoms with Crippen LogP contribution >= 0.6 is 0 Å². The van der Waals surface area contributed by atoms with Crippen LogP contribution in [0.4, 0.5) is 0 Å². The van der Waals surface area contributed by atoms with Gasteiger partial charge in [0.1, 0.15) is 6.54 Å². The molecule has 1 aromatic carbocycles. The maximum Gasteiger partial charge on any atom is 0.323 e. The lowest BCUT2D eigenvalue weighted by molar-refractivity contribution is -0.137. The van der Waals surface area contributed by atoms with Gasteiger partial charge in [-0.1, -0.05) is 38.5 Å². The molecule has 2 aliphatic heterocycles. The standard InChI is InChI=1S/C34H42N4O4/c1-34(2)22-14-13-21(26(34)17-22)15-16-36-23-7-5-8-24(36)19-25(18-23)38-28-10-4-3-9-27(28)35-32(33(38)42)29-11-6-12-30(39)37(29)20-31(40)41/h3-4,6,9-12,21-26H,5,7-8,13-20H2,1-2H3,(H,40,41)/t21-,22-,23-,24+,25?,26-/m0/s1. The van der Waals surface area contributed by atoms with E-state index in [1.807, 2.05) is 28.8 Å². The summed E-state index contributed by atoms with van der Waals surface area (Å²) >= 11 is 0. The minimum Gasteiger partial charge on any atom is -0.480 e. The Labute approximate surface area is 246 Å². The van der Waals surface area contributed by atoms with Crippen molar-refractivity contribution >= 4 is 17.0 Å². The summed E-state index contributed by atoms with van der Waals surface area (Å²) < 4.78 is 3.06. The van der Waals surface area contributed by atoms with Crippen molar-refractivity contribution in [3.63, 3.8) is 0 Å². The highest BCUT2D eigenvalue weighted by molar-refractivity contribution is 5.78. The quantitative estimate of drug-likeness (QED) is 0.412. The van der Waals surface area contributed by atoms with Gasteiger partial charge in [-0.2, -0.15) is 0 Å². The number of nitrogens with zero attached hydrogens (tertiary/aromatic N) is 4. The molecule has 0 amide bonds. The van der Waals surface area contributed by atoms with Crippen molar-refractivity contribution in [1.29, 1.82) is 0 Å². The molecular weight excluding hydrogens is 528 g/mol. The molecule has 2 aromatic heterocycles. The van der Waals surface area contributed by atoms with Gasteiger partial charge in [0.25, 0.3) is 11.1 Å². The first-order chi connectivity index (χ1) is 20.2. The summed E-state index contributed by atoms with van der Waals surface area (Å²) in [6.45, 7) is 5.61. The molecule has 0 spiro atoms. The molecular formula is C34H42N4O4. The lowest BCUT2D eigenvalue weighted by Crippen LogP contribution is -2.55. The molecule has 2 saturated heterocycles. The number of carboxylic acids is 1. The summed E-state index contributed by atoms with van der Waals surface area (Å²) in [4.78, 5) is 46.0. The van der Waals surface area contributed by atoms with Gasteiger partial charge in [0.05, 0.1) is 16.7 Å². The molecule has 1 N–H and O–H groups in total. The molecule has 5 aliphatic rings. The van der Waals surface area contributed by atoms with Crippen molar-refractivity contribution in [2.45, 2.75) is 96.3 Å². The second kappa shape index (κ2) is 10.5. The Morgan fingerprint density at radius 2 is 1.71 bits per heavy atom. The lowest BCUT2D eigenvalue weighted by atomic mass is 9.45. The number of rotatable bonds is 7. The van der Waals surface area contributed by atoms with Gasteiger partial charge in [0.15, 0.2) is 5.69 Å². The van der Waals surface area contributed by atoms with Gasteiger partial charge in [-0.25, -0.2) is 4.98 Å². The molecule has 42 heavy (non-hydrogen) atoms. The third-order valence-electron chi connectivity index (χ3n) is 11.6. The Bertz CT molecular complexity index is 1620. The second-order valence-electron chi connectivity index (χ2n) is 13.9. The van der Waals surface area contributed by atoms with E-state index in [4.69, 9.17) is 4.98 Å². The Morgan fingerprint density at radius 1 is 0.952 bits per heavy atom. The number of aromatic nitrogens is 3. The van der Waals surface area contributed by atoms with E-state index in [1.54, 1.807) is 12.1 Å². The Balaban J connectivity index is 1.21. The first-order valence-electron chi connectivity index (χ1n) is 15.9. The third-order valence-corrected chi connectivity index (χ3v) is 11.6. The van der Waals surface area contributed by atoms with Gasteiger partial charge in [-0.05, 0) is 99.3 Å². The van der Waals surface area contributed by atoms with Gasteiger partial charge in [0, 0.05) is 24.2 Å². The highest BCUT2D eigenvalue weighted by Crippen LogP contribution is 2.62. The van der Waals surface area contributed by atoms with Crippen LogP contribution in [0.5, 0.6) is 0 Å². The van der Waals surface area contributed by atoms with E-state index < -0.39 is 18.1 Å². The maximum absolute atomic E-state index is 14.3. The molecule has 8 nitrogen and oxygen atoms in total. The second-order valence-corrected chi connectivity index (χ2v) is 13.9. The van der Waals surface area contributed by atoms with E-state index in [1.165, 1.54) is 38.2 Å². The summed E-state index contributed by atoms with van der Waals surface area (Å²) in [7, 11) is 0. The molecule has 3 saturated carbocycles. The highest BCUT2D eigenvalue weighted by atomic mass is 16.4. The van der Waals surface area contributed by atoms with Gasteiger partial charge in [-0.15, -0.1) is 0 Å². The summed E-state index contributed by atoms with van der Waals surface area (Å²) in [5.41, 5.74) is 1.67. The Kier molecular flexibility index (Phi) is 6.87. The topological polar surface area (TPSA) is 97.4 Å². The van der Waals surface area contributed by atoms with Crippen molar-refractivity contribution in [2.75, 3.05) is 6.54 Å². The summed E-state index contributed by atoms with van der Waals surface area (Å²) in [5, 5.41) is 9.48. The number of aliphatic carboxylic acids is 1. The number of para-hydroxylation sites is 2. The van der Waals surface area contributed by atoms with E-state index in [-0.39, 0.29) is 23.0 Å². The van der Waals surface area contributed by atoms with Gasteiger partial charge >= 0.3 is 5.97 Å². The maximum atomic E-state index is 14.3. The molecule has 4 heterocycles. The van der Waals surface area contributed by atoms with Crippen LogP contribution in [0.15, 0.2) is 52.1 Å². The number of pyridine rings is 1. The highest BCUT2D eigenvalue weighted by Gasteiger charge is 2.54. The van der Waals surface area contributed by atoms with Crippen LogP contribution in [-0.4, -0.2) is 48.7 Å². The Morgan fingerprint density at radius 3 is 2.43 bits per heavy atom. The minimum absolute atomic E-state index is 0.0278. The summed E-state index contributed by atoms with van der Waals surface area (Å²) in [6.07, 6.45) is 10.9. The van der Waals surface area contributed by atoms with Crippen LogP contribution in [-0.2, 0) is 11.3 Å². The van der Waals surface area contributed by atoms with Crippen LogP contribution in [0, 0.1) is 23.2 Å². The fourth-order valence-electron chi connectivity index (χ4n) is 9.36. The average molecular weight is 571 g/mol. The van der Waals surface area contributed by atoms with Gasteiger partial charge in [0.2, 0.25) is 0 Å².